The highest BCUT2D eigenvalue weighted by molar-refractivity contribution is 5.97. The normalized spacial score (nSPS) is 22.8. The Labute approximate surface area is 166 Å². The van der Waals surface area contributed by atoms with Crippen molar-refractivity contribution in [1.82, 2.24) is 14.8 Å². The van der Waals surface area contributed by atoms with Gasteiger partial charge in [-0.25, -0.2) is 0 Å². The monoisotopic (exact) mass is 389 g/mol. The van der Waals surface area contributed by atoms with Crippen LogP contribution in [-0.4, -0.2) is 53.0 Å². The number of amides is 2. The van der Waals surface area contributed by atoms with Crippen LogP contribution in [0.4, 0.5) is 0 Å². The zero-order chi connectivity index (χ0) is 19.7. The third-order valence-electron chi connectivity index (χ3n) is 6.17. The van der Waals surface area contributed by atoms with E-state index < -0.39 is 6.04 Å². The Bertz CT molecular complexity index is 1180. The number of piperazine rings is 1. The topological polar surface area (TPSA) is 74.9 Å². The van der Waals surface area contributed by atoms with Gasteiger partial charge in [0.15, 0.2) is 11.5 Å². The molecule has 1 N–H and O–H groups in total. The Hall–Kier alpha value is -3.48. The summed E-state index contributed by atoms with van der Waals surface area (Å²) in [5.41, 5.74) is 3.97. The average Bonchev–Trinajstić information content (AvgIpc) is 3.34. The van der Waals surface area contributed by atoms with Crippen molar-refractivity contribution < 1.29 is 19.1 Å². The number of hydrogen-bond acceptors (Lipinski definition) is 4. The average molecular weight is 389 g/mol. The number of H-pyrrole nitrogens is 1. The molecule has 0 bridgehead atoms. The molecule has 2 aromatic carbocycles. The van der Waals surface area contributed by atoms with Gasteiger partial charge in [0.05, 0.1) is 12.6 Å². The Kier molecular flexibility index (Phi) is 3.27. The van der Waals surface area contributed by atoms with E-state index in [0.29, 0.717) is 17.9 Å². The van der Waals surface area contributed by atoms with E-state index in [0.717, 1.165) is 27.7 Å². The number of ether oxygens (including phenoxy) is 2. The molecule has 0 aliphatic carbocycles. The fourth-order valence-corrected chi connectivity index (χ4v) is 4.84. The molecule has 2 atom stereocenters. The zero-order valence-electron chi connectivity index (χ0n) is 15.8. The minimum absolute atomic E-state index is 0.0220. The molecule has 1 aromatic heterocycles. The lowest BCUT2D eigenvalue weighted by Crippen LogP contribution is -2.62. The fraction of sp³-hybridized carbons (Fsp3) is 0.273. The number of nitrogens with zero attached hydrogens (tertiary/aromatic N) is 2. The summed E-state index contributed by atoms with van der Waals surface area (Å²) in [6, 6.07) is 12.9. The number of aromatic amines is 1. The second-order valence-electron chi connectivity index (χ2n) is 7.79. The minimum atomic E-state index is -0.511. The van der Waals surface area contributed by atoms with E-state index >= 15 is 0 Å². The second-order valence-corrected chi connectivity index (χ2v) is 7.79. The van der Waals surface area contributed by atoms with Crippen LogP contribution in [-0.2, 0) is 16.0 Å². The number of rotatable bonds is 1. The SMILES string of the molecule is CN1CC(=O)N2[C@H](c3ccc4c(c3)OCO4)c3[nH]c4ccccc4c3C[C@H]2C1=O. The molecule has 1 fully saturated rings. The number of likely N-dealkylation sites (N-methyl/N-ethyl adjacent to an activating group) is 1. The van der Waals surface area contributed by atoms with Crippen molar-refractivity contribution in [1.29, 1.82) is 0 Å². The molecule has 29 heavy (non-hydrogen) atoms. The van der Waals surface area contributed by atoms with E-state index in [1.54, 1.807) is 11.9 Å². The van der Waals surface area contributed by atoms with Crippen LogP contribution in [0, 0.1) is 0 Å². The first-order valence-electron chi connectivity index (χ1n) is 9.67. The molecule has 7 nitrogen and oxygen atoms in total. The summed E-state index contributed by atoms with van der Waals surface area (Å²) in [6.45, 7) is 0.279. The maximum atomic E-state index is 13.1. The van der Waals surface area contributed by atoms with Crippen LogP contribution < -0.4 is 9.47 Å². The first-order valence-corrected chi connectivity index (χ1v) is 9.67. The Morgan fingerprint density at radius 1 is 1.07 bits per heavy atom. The standard InChI is InChI=1S/C22H19N3O4/c1-24-10-19(26)25-16(22(24)27)9-14-13-4-2-3-5-15(13)23-20(14)21(25)12-6-7-17-18(8-12)29-11-28-17/h2-8,16,21,23H,9-11H2,1H3/t16-,21+/m0/s1. The fourth-order valence-electron chi connectivity index (χ4n) is 4.84. The molecule has 0 unspecified atom stereocenters. The van der Waals surface area contributed by atoms with Gasteiger partial charge in [-0.1, -0.05) is 24.3 Å². The summed E-state index contributed by atoms with van der Waals surface area (Å²) in [6.07, 6.45) is 0.509. The first kappa shape index (κ1) is 16.5. The lowest BCUT2D eigenvalue weighted by Gasteiger charge is -2.46. The van der Waals surface area contributed by atoms with E-state index in [4.69, 9.17) is 9.47 Å². The highest BCUT2D eigenvalue weighted by Gasteiger charge is 2.47. The number of nitrogens with one attached hydrogen (secondary N) is 1. The van der Waals surface area contributed by atoms with Crippen molar-refractivity contribution in [3.05, 3.63) is 59.3 Å². The molecule has 2 amide bonds. The predicted octanol–water partition coefficient (Wildman–Crippen LogP) is 2.21. The Morgan fingerprint density at radius 2 is 1.90 bits per heavy atom. The third-order valence-corrected chi connectivity index (χ3v) is 6.17. The summed E-state index contributed by atoms with van der Waals surface area (Å²) in [5, 5.41) is 1.10. The van der Waals surface area contributed by atoms with Crippen LogP contribution in [0.1, 0.15) is 22.9 Å². The first-order chi connectivity index (χ1) is 14.1. The molecular weight excluding hydrogens is 370 g/mol. The van der Waals surface area contributed by atoms with Gasteiger partial charge in [0.1, 0.15) is 6.04 Å². The number of aromatic nitrogens is 1. The van der Waals surface area contributed by atoms with E-state index in [2.05, 4.69) is 11.1 Å². The number of carbonyl (C=O) groups is 2. The van der Waals surface area contributed by atoms with Crippen molar-refractivity contribution in [2.24, 2.45) is 0 Å². The van der Waals surface area contributed by atoms with Crippen LogP contribution in [0.15, 0.2) is 42.5 Å². The molecule has 3 aliphatic rings. The number of fused-ring (bicyclic) bond motifs is 5. The van der Waals surface area contributed by atoms with Crippen molar-refractivity contribution in [2.75, 3.05) is 20.4 Å². The van der Waals surface area contributed by atoms with Gasteiger partial charge < -0.3 is 24.3 Å². The van der Waals surface area contributed by atoms with Gasteiger partial charge in [-0.15, -0.1) is 0 Å². The molecule has 0 spiro atoms. The van der Waals surface area contributed by atoms with Crippen molar-refractivity contribution in [2.45, 2.75) is 18.5 Å². The van der Waals surface area contributed by atoms with Crippen LogP contribution in [0.3, 0.4) is 0 Å². The van der Waals surface area contributed by atoms with Crippen LogP contribution in [0.2, 0.25) is 0 Å². The maximum Gasteiger partial charge on any atom is 0.245 e. The van der Waals surface area contributed by atoms with E-state index in [9.17, 15) is 9.59 Å². The largest absolute Gasteiger partial charge is 0.454 e. The number of hydrogen-bond donors (Lipinski definition) is 1. The summed E-state index contributed by atoms with van der Waals surface area (Å²) in [7, 11) is 1.69. The smallest absolute Gasteiger partial charge is 0.245 e. The molecule has 7 heteroatoms. The van der Waals surface area contributed by atoms with Crippen LogP contribution >= 0.6 is 0 Å². The number of benzene rings is 2. The lowest BCUT2D eigenvalue weighted by molar-refractivity contribution is -0.157. The molecular formula is C22H19N3O4. The van der Waals surface area contributed by atoms with Crippen molar-refractivity contribution in [3.8, 4) is 11.5 Å². The summed E-state index contributed by atoms with van der Waals surface area (Å²) < 4.78 is 11.0. The molecule has 3 aromatic rings. The van der Waals surface area contributed by atoms with Crippen molar-refractivity contribution >= 4 is 22.7 Å². The molecule has 3 aliphatic heterocycles. The van der Waals surface area contributed by atoms with E-state index in [1.165, 1.54) is 4.90 Å². The van der Waals surface area contributed by atoms with Gasteiger partial charge in [-0.05, 0) is 29.3 Å². The van der Waals surface area contributed by atoms with Gasteiger partial charge in [0.25, 0.3) is 0 Å². The number of carbonyl (C=O) groups excluding carboxylic acids is 2. The lowest BCUT2D eigenvalue weighted by atomic mass is 9.86. The Balaban J connectivity index is 1.59. The highest BCUT2D eigenvalue weighted by atomic mass is 16.7. The van der Waals surface area contributed by atoms with E-state index in [-0.39, 0.29) is 31.2 Å². The van der Waals surface area contributed by atoms with Gasteiger partial charge in [-0.2, -0.15) is 0 Å². The van der Waals surface area contributed by atoms with Gasteiger partial charge in [0, 0.05) is 30.1 Å². The molecule has 0 radical (unpaired) electrons. The minimum Gasteiger partial charge on any atom is -0.454 e. The van der Waals surface area contributed by atoms with E-state index in [1.807, 2.05) is 36.4 Å². The van der Waals surface area contributed by atoms with Gasteiger partial charge >= 0.3 is 0 Å². The quantitative estimate of drug-likeness (QED) is 0.693. The zero-order valence-corrected chi connectivity index (χ0v) is 15.8. The van der Waals surface area contributed by atoms with Gasteiger partial charge in [0.2, 0.25) is 18.6 Å². The summed E-state index contributed by atoms with van der Waals surface area (Å²) >= 11 is 0. The molecule has 4 heterocycles. The maximum absolute atomic E-state index is 13.1. The third kappa shape index (κ3) is 2.24. The Morgan fingerprint density at radius 3 is 2.79 bits per heavy atom. The second kappa shape index (κ2) is 5.76. The summed E-state index contributed by atoms with van der Waals surface area (Å²) in [4.78, 5) is 32.9. The highest BCUT2D eigenvalue weighted by Crippen LogP contribution is 2.44. The van der Waals surface area contributed by atoms with Crippen molar-refractivity contribution in [3.63, 3.8) is 0 Å². The molecule has 1 saturated heterocycles. The molecule has 0 saturated carbocycles. The molecule has 6 rings (SSSR count). The molecule has 146 valence electrons. The van der Waals surface area contributed by atoms with Crippen LogP contribution in [0.25, 0.3) is 10.9 Å². The van der Waals surface area contributed by atoms with Crippen LogP contribution in [0.5, 0.6) is 11.5 Å². The summed E-state index contributed by atoms with van der Waals surface area (Å²) in [5.74, 6) is 1.28. The number of para-hydroxylation sites is 1. The van der Waals surface area contributed by atoms with Gasteiger partial charge in [-0.3, -0.25) is 9.59 Å². The predicted molar refractivity (Wildman–Crippen MR) is 105 cm³/mol.